The van der Waals surface area contributed by atoms with E-state index in [1.54, 1.807) is 42.6 Å². The second-order valence-corrected chi connectivity index (χ2v) is 8.34. The largest absolute Gasteiger partial charge is 0.489 e. The first-order valence-corrected chi connectivity index (χ1v) is 10.9. The molecule has 0 spiro atoms. The van der Waals surface area contributed by atoms with Crippen LogP contribution in [-0.2, 0) is 13.2 Å². The van der Waals surface area contributed by atoms with Crippen molar-refractivity contribution in [1.82, 2.24) is 9.78 Å². The first-order valence-electron chi connectivity index (χ1n) is 9.73. The van der Waals surface area contributed by atoms with E-state index in [4.69, 9.17) is 16.3 Å². The SMILES string of the molecule is O=C(Nc1nn(Cc2ccccc2F)cc1Cl)c1cccc(COc2cccc(Br)c2)c1. The molecule has 4 aromatic rings. The van der Waals surface area contributed by atoms with Gasteiger partial charge in [-0.2, -0.15) is 5.10 Å². The molecule has 0 bridgehead atoms. The molecule has 1 aromatic heterocycles. The number of hydrogen-bond donors (Lipinski definition) is 1. The third-order valence-electron chi connectivity index (χ3n) is 4.63. The summed E-state index contributed by atoms with van der Waals surface area (Å²) in [5.41, 5.74) is 1.76. The fourth-order valence-electron chi connectivity index (χ4n) is 3.07. The summed E-state index contributed by atoms with van der Waals surface area (Å²) in [6, 6.07) is 21.1. The fourth-order valence-corrected chi connectivity index (χ4v) is 3.65. The number of nitrogens with zero attached hydrogens (tertiary/aromatic N) is 2. The first-order chi connectivity index (χ1) is 15.5. The predicted molar refractivity (Wildman–Crippen MR) is 126 cm³/mol. The maximum absolute atomic E-state index is 13.9. The van der Waals surface area contributed by atoms with Gasteiger partial charge in [-0.3, -0.25) is 9.48 Å². The van der Waals surface area contributed by atoms with Gasteiger partial charge in [0, 0.05) is 21.8 Å². The van der Waals surface area contributed by atoms with Crippen LogP contribution in [0.1, 0.15) is 21.5 Å². The molecule has 0 saturated heterocycles. The molecule has 0 aliphatic carbocycles. The highest BCUT2D eigenvalue weighted by Crippen LogP contribution is 2.22. The Kier molecular flexibility index (Phi) is 6.87. The molecule has 4 rings (SSSR count). The van der Waals surface area contributed by atoms with E-state index < -0.39 is 0 Å². The number of aromatic nitrogens is 2. The van der Waals surface area contributed by atoms with Crippen molar-refractivity contribution in [3.8, 4) is 5.75 Å². The van der Waals surface area contributed by atoms with Crippen molar-refractivity contribution in [3.63, 3.8) is 0 Å². The minimum absolute atomic E-state index is 0.199. The van der Waals surface area contributed by atoms with Gasteiger partial charge in [0.2, 0.25) is 0 Å². The molecule has 0 aliphatic rings. The average molecular weight is 515 g/mol. The maximum atomic E-state index is 13.9. The molecular weight excluding hydrogens is 497 g/mol. The van der Waals surface area contributed by atoms with Crippen LogP contribution in [0.5, 0.6) is 5.75 Å². The summed E-state index contributed by atoms with van der Waals surface area (Å²) < 4.78 is 22.1. The number of amides is 1. The Bertz CT molecular complexity index is 1260. The maximum Gasteiger partial charge on any atom is 0.256 e. The lowest BCUT2D eigenvalue weighted by molar-refractivity contribution is 0.102. The van der Waals surface area contributed by atoms with Crippen LogP contribution in [0.3, 0.4) is 0 Å². The van der Waals surface area contributed by atoms with Crippen LogP contribution in [0.2, 0.25) is 5.02 Å². The van der Waals surface area contributed by atoms with Crippen molar-refractivity contribution >= 4 is 39.3 Å². The monoisotopic (exact) mass is 513 g/mol. The third-order valence-corrected chi connectivity index (χ3v) is 5.40. The number of ether oxygens (including phenoxy) is 1. The molecule has 0 aliphatic heterocycles. The van der Waals surface area contributed by atoms with E-state index in [0.29, 0.717) is 17.7 Å². The Morgan fingerprint density at radius 3 is 2.72 bits per heavy atom. The highest BCUT2D eigenvalue weighted by Gasteiger charge is 2.14. The average Bonchev–Trinajstić information content (AvgIpc) is 3.12. The van der Waals surface area contributed by atoms with Crippen LogP contribution in [0.25, 0.3) is 0 Å². The summed E-state index contributed by atoms with van der Waals surface area (Å²) in [7, 11) is 0. The number of hydrogen-bond acceptors (Lipinski definition) is 3. The smallest absolute Gasteiger partial charge is 0.256 e. The van der Waals surface area contributed by atoms with E-state index in [-0.39, 0.29) is 29.1 Å². The summed E-state index contributed by atoms with van der Waals surface area (Å²) in [6.07, 6.45) is 1.55. The second kappa shape index (κ2) is 9.97. The van der Waals surface area contributed by atoms with Gasteiger partial charge in [-0.1, -0.05) is 63.9 Å². The Morgan fingerprint density at radius 2 is 1.91 bits per heavy atom. The van der Waals surface area contributed by atoms with Crippen LogP contribution >= 0.6 is 27.5 Å². The molecule has 0 radical (unpaired) electrons. The molecular formula is C24H18BrClFN3O2. The molecule has 0 fully saturated rings. The Hall–Kier alpha value is -3.16. The normalized spacial score (nSPS) is 10.7. The number of benzene rings is 3. The molecule has 1 N–H and O–H groups in total. The van der Waals surface area contributed by atoms with E-state index in [0.717, 1.165) is 15.8 Å². The number of halogens is 3. The predicted octanol–water partition coefficient (Wildman–Crippen LogP) is 6.32. The van der Waals surface area contributed by atoms with E-state index in [9.17, 15) is 9.18 Å². The lowest BCUT2D eigenvalue weighted by Crippen LogP contribution is -2.13. The number of rotatable bonds is 7. The van der Waals surface area contributed by atoms with Crippen molar-refractivity contribution in [2.45, 2.75) is 13.2 Å². The quantitative estimate of drug-likeness (QED) is 0.314. The van der Waals surface area contributed by atoms with Crippen LogP contribution in [0.4, 0.5) is 10.2 Å². The Labute approximate surface area is 197 Å². The number of nitrogens with one attached hydrogen (secondary N) is 1. The second-order valence-electron chi connectivity index (χ2n) is 7.02. The lowest BCUT2D eigenvalue weighted by Gasteiger charge is -2.08. The van der Waals surface area contributed by atoms with Crippen molar-refractivity contribution in [3.05, 3.63) is 111 Å². The lowest BCUT2D eigenvalue weighted by atomic mass is 10.1. The van der Waals surface area contributed by atoms with Gasteiger partial charge in [0.1, 0.15) is 23.2 Å². The fraction of sp³-hybridized carbons (Fsp3) is 0.0833. The molecule has 3 aromatic carbocycles. The zero-order valence-electron chi connectivity index (χ0n) is 16.8. The number of anilines is 1. The van der Waals surface area contributed by atoms with Crippen LogP contribution < -0.4 is 10.1 Å². The van der Waals surface area contributed by atoms with Crippen molar-refractivity contribution in [1.29, 1.82) is 0 Å². The molecule has 0 saturated carbocycles. The van der Waals surface area contributed by atoms with Crippen LogP contribution in [-0.4, -0.2) is 15.7 Å². The van der Waals surface area contributed by atoms with Gasteiger partial charge < -0.3 is 10.1 Å². The molecule has 0 atom stereocenters. The molecule has 5 nitrogen and oxygen atoms in total. The molecule has 8 heteroatoms. The van der Waals surface area contributed by atoms with Gasteiger partial charge in [0.25, 0.3) is 5.91 Å². The van der Waals surface area contributed by atoms with Crippen molar-refractivity contribution in [2.75, 3.05) is 5.32 Å². The number of carbonyl (C=O) groups excluding carboxylic acids is 1. The molecule has 1 amide bonds. The van der Waals surface area contributed by atoms with Crippen LogP contribution in [0, 0.1) is 5.82 Å². The van der Waals surface area contributed by atoms with Crippen LogP contribution in [0.15, 0.2) is 83.5 Å². The van der Waals surface area contributed by atoms with E-state index in [1.165, 1.54) is 10.7 Å². The standard InChI is InChI=1S/C24H18BrClFN3O2/c25-19-8-4-9-20(12-19)32-15-16-5-3-7-17(11-16)24(31)28-23-21(26)14-30(29-23)13-18-6-1-2-10-22(18)27/h1-12,14H,13,15H2,(H,28,29,31). The summed E-state index contributed by atoms with van der Waals surface area (Å²) in [5, 5.41) is 7.25. The minimum Gasteiger partial charge on any atom is -0.489 e. The topological polar surface area (TPSA) is 56.2 Å². The van der Waals surface area contributed by atoms with E-state index in [1.807, 2.05) is 30.3 Å². The zero-order valence-corrected chi connectivity index (χ0v) is 19.1. The van der Waals surface area contributed by atoms with Gasteiger partial charge in [0.15, 0.2) is 5.82 Å². The Morgan fingerprint density at radius 1 is 1.09 bits per heavy atom. The van der Waals surface area contributed by atoms with Crippen molar-refractivity contribution < 1.29 is 13.9 Å². The van der Waals surface area contributed by atoms with Gasteiger partial charge in [-0.05, 0) is 42.0 Å². The van der Waals surface area contributed by atoms with E-state index >= 15 is 0 Å². The summed E-state index contributed by atoms with van der Waals surface area (Å²) in [6.45, 7) is 0.514. The summed E-state index contributed by atoms with van der Waals surface area (Å²) >= 11 is 9.64. The van der Waals surface area contributed by atoms with Gasteiger partial charge in [-0.25, -0.2) is 4.39 Å². The highest BCUT2D eigenvalue weighted by atomic mass is 79.9. The third kappa shape index (κ3) is 5.55. The molecule has 1 heterocycles. The van der Waals surface area contributed by atoms with Gasteiger partial charge in [-0.15, -0.1) is 0 Å². The minimum atomic E-state index is -0.354. The summed E-state index contributed by atoms with van der Waals surface area (Å²) in [5.74, 6) is 0.254. The molecule has 32 heavy (non-hydrogen) atoms. The Balaban J connectivity index is 1.42. The van der Waals surface area contributed by atoms with E-state index in [2.05, 4.69) is 26.3 Å². The highest BCUT2D eigenvalue weighted by molar-refractivity contribution is 9.10. The molecule has 162 valence electrons. The van der Waals surface area contributed by atoms with Crippen molar-refractivity contribution in [2.24, 2.45) is 0 Å². The van der Waals surface area contributed by atoms with Gasteiger partial charge >= 0.3 is 0 Å². The zero-order chi connectivity index (χ0) is 22.5. The molecule has 0 unspecified atom stereocenters. The first kappa shape index (κ1) is 22.0. The van der Waals surface area contributed by atoms with Gasteiger partial charge in [0.05, 0.1) is 6.54 Å². The summed E-state index contributed by atoms with van der Waals surface area (Å²) in [4.78, 5) is 12.7. The number of carbonyl (C=O) groups is 1.